The van der Waals surface area contributed by atoms with Gasteiger partial charge in [-0.2, -0.15) is 13.2 Å². The van der Waals surface area contributed by atoms with Crippen LogP contribution in [0.5, 0.6) is 0 Å². The van der Waals surface area contributed by atoms with Crippen molar-refractivity contribution in [3.63, 3.8) is 0 Å². The number of carbonyl (C=O) groups is 1. The molecule has 0 saturated carbocycles. The van der Waals surface area contributed by atoms with Crippen molar-refractivity contribution in [2.45, 2.75) is 25.9 Å². The van der Waals surface area contributed by atoms with Gasteiger partial charge in [-0.3, -0.25) is 4.79 Å². The highest BCUT2D eigenvalue weighted by Crippen LogP contribution is 2.34. The van der Waals surface area contributed by atoms with Gasteiger partial charge in [-0.05, 0) is 55.7 Å². The van der Waals surface area contributed by atoms with E-state index in [1.807, 2.05) is 19.1 Å². The minimum absolute atomic E-state index is 0.0577. The molecule has 1 fully saturated rings. The second kappa shape index (κ2) is 7.86. The van der Waals surface area contributed by atoms with E-state index in [9.17, 15) is 22.4 Å². The first-order chi connectivity index (χ1) is 14.2. The van der Waals surface area contributed by atoms with Gasteiger partial charge in [0.1, 0.15) is 5.82 Å². The molecule has 2 aromatic carbocycles. The van der Waals surface area contributed by atoms with Gasteiger partial charge in [-0.25, -0.2) is 9.37 Å². The third-order valence-electron chi connectivity index (χ3n) is 5.21. The molecule has 30 heavy (non-hydrogen) atoms. The minimum atomic E-state index is -4.81. The molecule has 1 amide bonds. The van der Waals surface area contributed by atoms with Gasteiger partial charge < -0.3 is 10.2 Å². The Balaban J connectivity index is 1.39. The fourth-order valence-corrected chi connectivity index (χ4v) is 4.67. The zero-order chi connectivity index (χ0) is 21.5. The number of piperidine rings is 1. The third kappa shape index (κ3) is 4.26. The number of aryl methyl sites for hydroxylation is 1. The van der Waals surface area contributed by atoms with E-state index < -0.39 is 17.6 Å². The number of aromatic nitrogens is 1. The van der Waals surface area contributed by atoms with Crippen LogP contribution in [0, 0.1) is 18.7 Å². The summed E-state index contributed by atoms with van der Waals surface area (Å²) in [6, 6.07) is 8.58. The van der Waals surface area contributed by atoms with Crippen LogP contribution in [-0.4, -0.2) is 24.0 Å². The Morgan fingerprint density at radius 1 is 1.17 bits per heavy atom. The second-order valence-electron chi connectivity index (χ2n) is 7.41. The standard InChI is InChI=1S/C21H19F4N3OS/c1-12-2-5-17-18(10-12)30-20(27-17)28-8-6-13(7-9-28)19(29)26-14-3-4-16(22)15(11-14)21(23,24)25/h2-5,10-11,13H,6-9H2,1H3,(H,26,29). The Kier molecular flexibility index (Phi) is 5.40. The number of rotatable bonds is 3. The first-order valence-electron chi connectivity index (χ1n) is 9.50. The van der Waals surface area contributed by atoms with Crippen molar-refractivity contribution in [1.29, 1.82) is 0 Å². The molecule has 1 saturated heterocycles. The molecule has 0 unspecified atom stereocenters. The van der Waals surface area contributed by atoms with E-state index in [-0.39, 0.29) is 17.5 Å². The summed E-state index contributed by atoms with van der Waals surface area (Å²) in [4.78, 5) is 19.3. The number of fused-ring (bicyclic) bond motifs is 1. The number of hydrogen-bond acceptors (Lipinski definition) is 4. The average Bonchev–Trinajstić information content (AvgIpc) is 3.12. The zero-order valence-electron chi connectivity index (χ0n) is 16.1. The molecule has 4 rings (SSSR count). The quantitative estimate of drug-likeness (QED) is 0.541. The van der Waals surface area contributed by atoms with Crippen molar-refractivity contribution in [2.24, 2.45) is 5.92 Å². The zero-order valence-corrected chi connectivity index (χ0v) is 16.9. The summed E-state index contributed by atoms with van der Waals surface area (Å²) in [6.07, 6.45) is -3.69. The number of nitrogens with one attached hydrogen (secondary N) is 1. The largest absolute Gasteiger partial charge is 0.419 e. The number of halogens is 4. The second-order valence-corrected chi connectivity index (χ2v) is 8.42. The molecule has 0 radical (unpaired) electrons. The maximum absolute atomic E-state index is 13.4. The monoisotopic (exact) mass is 437 g/mol. The van der Waals surface area contributed by atoms with E-state index >= 15 is 0 Å². The van der Waals surface area contributed by atoms with Gasteiger partial charge in [0.05, 0.1) is 15.8 Å². The lowest BCUT2D eigenvalue weighted by Crippen LogP contribution is -2.38. The van der Waals surface area contributed by atoms with Crippen LogP contribution in [0.1, 0.15) is 24.0 Å². The molecule has 158 valence electrons. The van der Waals surface area contributed by atoms with E-state index in [1.165, 1.54) is 5.56 Å². The molecule has 1 aromatic heterocycles. The van der Waals surface area contributed by atoms with Crippen LogP contribution in [0.4, 0.5) is 28.4 Å². The highest BCUT2D eigenvalue weighted by Gasteiger charge is 2.34. The van der Waals surface area contributed by atoms with Crippen LogP contribution in [0.3, 0.4) is 0 Å². The summed E-state index contributed by atoms with van der Waals surface area (Å²) >= 11 is 1.61. The van der Waals surface area contributed by atoms with Crippen molar-refractivity contribution in [3.8, 4) is 0 Å². The number of amides is 1. The molecule has 1 aliphatic heterocycles. The molecule has 1 N–H and O–H groups in total. The highest BCUT2D eigenvalue weighted by atomic mass is 32.1. The molecule has 9 heteroatoms. The SMILES string of the molecule is Cc1ccc2nc(N3CCC(C(=O)Nc4ccc(F)c(C(F)(F)F)c4)CC3)sc2c1. The van der Waals surface area contributed by atoms with Crippen LogP contribution in [0.2, 0.25) is 0 Å². The number of nitrogens with zero attached hydrogens (tertiary/aromatic N) is 2. The summed E-state index contributed by atoms with van der Waals surface area (Å²) in [6.45, 7) is 3.30. The third-order valence-corrected chi connectivity index (χ3v) is 6.29. The minimum Gasteiger partial charge on any atom is -0.348 e. The number of hydrogen-bond donors (Lipinski definition) is 1. The van der Waals surface area contributed by atoms with Crippen molar-refractivity contribution < 1.29 is 22.4 Å². The lowest BCUT2D eigenvalue weighted by Gasteiger charge is -2.31. The molecular weight excluding hydrogens is 418 g/mol. The van der Waals surface area contributed by atoms with E-state index in [0.29, 0.717) is 32.0 Å². The maximum atomic E-state index is 13.4. The van der Waals surface area contributed by atoms with Gasteiger partial charge >= 0.3 is 6.18 Å². The Morgan fingerprint density at radius 3 is 2.60 bits per heavy atom. The van der Waals surface area contributed by atoms with Crippen LogP contribution < -0.4 is 10.2 Å². The fraction of sp³-hybridized carbons (Fsp3) is 0.333. The molecule has 0 spiro atoms. The van der Waals surface area contributed by atoms with E-state index in [0.717, 1.165) is 27.5 Å². The van der Waals surface area contributed by atoms with Gasteiger partial charge in [0, 0.05) is 24.7 Å². The van der Waals surface area contributed by atoms with E-state index in [4.69, 9.17) is 0 Å². The lowest BCUT2D eigenvalue weighted by molar-refractivity contribution is -0.140. The van der Waals surface area contributed by atoms with Gasteiger partial charge in [0.25, 0.3) is 0 Å². The molecule has 0 atom stereocenters. The van der Waals surface area contributed by atoms with E-state index in [2.05, 4.69) is 21.3 Å². The fourth-order valence-electron chi connectivity index (χ4n) is 3.55. The summed E-state index contributed by atoms with van der Waals surface area (Å²) in [7, 11) is 0. The Morgan fingerprint density at radius 2 is 1.90 bits per heavy atom. The Hall–Kier alpha value is -2.68. The van der Waals surface area contributed by atoms with Crippen LogP contribution in [0.15, 0.2) is 36.4 Å². The van der Waals surface area contributed by atoms with Crippen LogP contribution >= 0.6 is 11.3 Å². The number of carbonyl (C=O) groups excluding carboxylic acids is 1. The topological polar surface area (TPSA) is 45.2 Å². The maximum Gasteiger partial charge on any atom is 0.419 e. The van der Waals surface area contributed by atoms with Gasteiger partial charge in [0.2, 0.25) is 5.91 Å². The molecule has 0 aliphatic carbocycles. The predicted molar refractivity (Wildman–Crippen MR) is 109 cm³/mol. The molecule has 4 nitrogen and oxygen atoms in total. The van der Waals surface area contributed by atoms with Crippen molar-refractivity contribution in [1.82, 2.24) is 4.98 Å². The van der Waals surface area contributed by atoms with Crippen molar-refractivity contribution in [3.05, 3.63) is 53.3 Å². The molecule has 3 aromatic rings. The van der Waals surface area contributed by atoms with Crippen LogP contribution in [-0.2, 0) is 11.0 Å². The number of thiazole rings is 1. The first kappa shape index (κ1) is 20.6. The van der Waals surface area contributed by atoms with Crippen molar-refractivity contribution in [2.75, 3.05) is 23.3 Å². The lowest BCUT2D eigenvalue weighted by atomic mass is 9.96. The first-order valence-corrected chi connectivity index (χ1v) is 10.3. The van der Waals surface area contributed by atoms with Crippen LogP contribution in [0.25, 0.3) is 10.2 Å². The molecule has 0 bridgehead atoms. The van der Waals surface area contributed by atoms with Gasteiger partial charge in [-0.15, -0.1) is 0 Å². The summed E-state index contributed by atoms with van der Waals surface area (Å²) in [5.41, 5.74) is 0.665. The number of benzene rings is 2. The normalized spacial score (nSPS) is 15.6. The molecular formula is C21H19F4N3OS. The van der Waals surface area contributed by atoms with Gasteiger partial charge in [-0.1, -0.05) is 17.4 Å². The highest BCUT2D eigenvalue weighted by molar-refractivity contribution is 7.22. The van der Waals surface area contributed by atoms with Gasteiger partial charge in [0.15, 0.2) is 5.13 Å². The van der Waals surface area contributed by atoms with E-state index in [1.54, 1.807) is 11.3 Å². The Bertz CT molecular complexity index is 1090. The molecule has 2 heterocycles. The summed E-state index contributed by atoms with van der Waals surface area (Å²) < 4.78 is 53.1. The average molecular weight is 437 g/mol. The predicted octanol–water partition coefficient (Wildman–Crippen LogP) is 5.62. The smallest absolute Gasteiger partial charge is 0.348 e. The molecule has 1 aliphatic rings. The Labute approximate surface area is 174 Å². The van der Waals surface area contributed by atoms with Crippen molar-refractivity contribution >= 4 is 38.3 Å². The number of anilines is 2. The number of alkyl halides is 3. The summed E-state index contributed by atoms with van der Waals surface area (Å²) in [5.74, 6) is -2.04. The summed E-state index contributed by atoms with van der Waals surface area (Å²) in [5, 5.41) is 3.40.